The zero-order chi connectivity index (χ0) is 14.7. The van der Waals surface area contributed by atoms with Gasteiger partial charge in [0.25, 0.3) is 0 Å². The average molecular weight is 290 g/mol. The van der Waals surface area contributed by atoms with Crippen molar-refractivity contribution in [1.29, 1.82) is 0 Å². The van der Waals surface area contributed by atoms with Gasteiger partial charge in [0.15, 0.2) is 11.5 Å². The van der Waals surface area contributed by atoms with Crippen molar-refractivity contribution >= 4 is 0 Å². The van der Waals surface area contributed by atoms with Gasteiger partial charge in [-0.05, 0) is 68.9 Å². The van der Waals surface area contributed by atoms with Gasteiger partial charge in [-0.2, -0.15) is 0 Å². The number of hydrogen-bond acceptors (Lipinski definition) is 4. The summed E-state index contributed by atoms with van der Waals surface area (Å²) in [5, 5.41) is 13.5. The number of rotatable bonds is 6. The highest BCUT2D eigenvalue weighted by molar-refractivity contribution is 5.41. The maximum Gasteiger partial charge on any atom is 0.160 e. The molecular formula is C17H26N2O2. The van der Waals surface area contributed by atoms with Crippen molar-refractivity contribution in [2.24, 2.45) is 5.92 Å². The summed E-state index contributed by atoms with van der Waals surface area (Å²) in [6, 6.07) is 6.40. The molecule has 2 fully saturated rings. The molecule has 1 aromatic carbocycles. The zero-order valence-corrected chi connectivity index (χ0v) is 12.8. The number of likely N-dealkylation sites (tertiary alicyclic amines) is 1. The first-order valence-corrected chi connectivity index (χ1v) is 8.06. The molecule has 0 spiro atoms. The Morgan fingerprint density at radius 3 is 2.62 bits per heavy atom. The minimum absolute atomic E-state index is 0.232. The summed E-state index contributed by atoms with van der Waals surface area (Å²) in [6.07, 6.45) is 5.31. The van der Waals surface area contributed by atoms with Gasteiger partial charge in [-0.25, -0.2) is 0 Å². The van der Waals surface area contributed by atoms with Crippen LogP contribution in [0.5, 0.6) is 11.5 Å². The normalized spacial score (nSPS) is 20.6. The highest BCUT2D eigenvalue weighted by atomic mass is 16.5. The molecule has 1 aromatic rings. The van der Waals surface area contributed by atoms with E-state index in [2.05, 4.69) is 10.2 Å². The summed E-state index contributed by atoms with van der Waals surface area (Å²) in [5.41, 5.74) is 1.15. The Kier molecular flexibility index (Phi) is 4.66. The van der Waals surface area contributed by atoms with E-state index in [4.69, 9.17) is 4.74 Å². The predicted octanol–water partition coefficient (Wildman–Crippen LogP) is 2.36. The Hall–Kier alpha value is -1.26. The van der Waals surface area contributed by atoms with E-state index < -0.39 is 0 Å². The van der Waals surface area contributed by atoms with Gasteiger partial charge < -0.3 is 15.2 Å². The van der Waals surface area contributed by atoms with Crippen LogP contribution in [0.15, 0.2) is 18.2 Å². The highest BCUT2D eigenvalue weighted by Crippen LogP contribution is 2.29. The SMILES string of the molecule is COc1ccc(CN2CCC(NCC3CC3)CC2)cc1O. The Balaban J connectivity index is 1.44. The fourth-order valence-electron chi connectivity index (χ4n) is 3.04. The number of phenols is 1. The molecule has 0 bridgehead atoms. The molecule has 1 aliphatic carbocycles. The molecule has 0 aromatic heterocycles. The van der Waals surface area contributed by atoms with Gasteiger partial charge in [0, 0.05) is 12.6 Å². The Bertz CT molecular complexity index is 466. The van der Waals surface area contributed by atoms with E-state index in [1.807, 2.05) is 18.2 Å². The maximum atomic E-state index is 9.84. The van der Waals surface area contributed by atoms with E-state index in [0.29, 0.717) is 11.8 Å². The van der Waals surface area contributed by atoms with Crippen molar-refractivity contribution < 1.29 is 9.84 Å². The van der Waals surface area contributed by atoms with E-state index in [9.17, 15) is 5.11 Å². The number of hydrogen-bond donors (Lipinski definition) is 2. The third-order valence-corrected chi connectivity index (χ3v) is 4.63. The van der Waals surface area contributed by atoms with Crippen molar-refractivity contribution in [2.45, 2.75) is 38.3 Å². The summed E-state index contributed by atoms with van der Waals surface area (Å²) in [7, 11) is 1.58. The minimum atomic E-state index is 0.232. The van der Waals surface area contributed by atoms with Crippen LogP contribution < -0.4 is 10.1 Å². The van der Waals surface area contributed by atoms with Crippen LogP contribution in [-0.2, 0) is 6.54 Å². The quantitative estimate of drug-likeness (QED) is 0.844. The first-order chi connectivity index (χ1) is 10.2. The highest BCUT2D eigenvalue weighted by Gasteiger charge is 2.24. The van der Waals surface area contributed by atoms with E-state index >= 15 is 0 Å². The van der Waals surface area contributed by atoms with Gasteiger partial charge >= 0.3 is 0 Å². The van der Waals surface area contributed by atoms with Crippen LogP contribution in [0, 0.1) is 5.92 Å². The Morgan fingerprint density at radius 2 is 2.00 bits per heavy atom. The molecule has 0 radical (unpaired) electrons. The topological polar surface area (TPSA) is 44.7 Å². The number of nitrogens with zero attached hydrogens (tertiary/aromatic N) is 1. The number of benzene rings is 1. The maximum absolute atomic E-state index is 9.84. The lowest BCUT2D eigenvalue weighted by molar-refractivity contribution is 0.190. The van der Waals surface area contributed by atoms with Crippen LogP contribution in [0.4, 0.5) is 0 Å². The minimum Gasteiger partial charge on any atom is -0.504 e. The molecule has 0 unspecified atom stereocenters. The molecule has 1 saturated carbocycles. The Morgan fingerprint density at radius 1 is 1.24 bits per heavy atom. The van der Waals surface area contributed by atoms with Crippen molar-refractivity contribution in [1.82, 2.24) is 10.2 Å². The van der Waals surface area contributed by atoms with Crippen LogP contribution in [0.2, 0.25) is 0 Å². The fraction of sp³-hybridized carbons (Fsp3) is 0.647. The Labute approximate surface area is 127 Å². The second-order valence-electron chi connectivity index (χ2n) is 6.41. The van der Waals surface area contributed by atoms with Gasteiger partial charge in [-0.3, -0.25) is 4.90 Å². The third-order valence-electron chi connectivity index (χ3n) is 4.63. The number of piperidine rings is 1. The summed E-state index contributed by atoms with van der Waals surface area (Å²) >= 11 is 0. The van der Waals surface area contributed by atoms with Crippen molar-refractivity contribution in [3.05, 3.63) is 23.8 Å². The smallest absolute Gasteiger partial charge is 0.160 e. The number of ether oxygens (including phenoxy) is 1. The molecule has 1 aliphatic heterocycles. The lowest BCUT2D eigenvalue weighted by Crippen LogP contribution is -2.42. The van der Waals surface area contributed by atoms with Crippen LogP contribution in [0.1, 0.15) is 31.2 Å². The van der Waals surface area contributed by atoms with E-state index in [1.54, 1.807) is 7.11 Å². The molecule has 1 saturated heterocycles. The van der Waals surface area contributed by atoms with E-state index in [0.717, 1.165) is 31.1 Å². The second-order valence-corrected chi connectivity index (χ2v) is 6.41. The fourth-order valence-corrected chi connectivity index (χ4v) is 3.04. The van der Waals surface area contributed by atoms with E-state index in [-0.39, 0.29) is 5.75 Å². The molecule has 0 atom stereocenters. The predicted molar refractivity (Wildman–Crippen MR) is 83.7 cm³/mol. The van der Waals surface area contributed by atoms with Crippen LogP contribution in [0.25, 0.3) is 0 Å². The van der Waals surface area contributed by atoms with Gasteiger partial charge in [0.1, 0.15) is 0 Å². The number of aromatic hydroxyl groups is 1. The second kappa shape index (κ2) is 6.67. The summed E-state index contributed by atoms with van der Waals surface area (Å²) in [4.78, 5) is 2.47. The summed E-state index contributed by atoms with van der Waals surface area (Å²) < 4.78 is 5.08. The molecule has 4 nitrogen and oxygen atoms in total. The number of phenolic OH excluding ortho intramolecular Hbond substituents is 1. The standard InChI is InChI=1S/C17H26N2O2/c1-21-17-5-4-14(10-16(17)20)12-19-8-6-15(7-9-19)18-11-13-2-3-13/h4-5,10,13,15,18,20H,2-3,6-9,11-12H2,1H3. The van der Waals surface area contributed by atoms with Crippen LogP contribution in [-0.4, -0.2) is 42.8 Å². The largest absolute Gasteiger partial charge is 0.504 e. The van der Waals surface area contributed by atoms with Gasteiger partial charge in [0.2, 0.25) is 0 Å². The number of nitrogens with one attached hydrogen (secondary N) is 1. The summed E-state index contributed by atoms with van der Waals surface area (Å²) in [5.74, 6) is 1.74. The van der Waals surface area contributed by atoms with Gasteiger partial charge in [-0.15, -0.1) is 0 Å². The molecule has 21 heavy (non-hydrogen) atoms. The molecule has 0 amide bonds. The monoisotopic (exact) mass is 290 g/mol. The first-order valence-electron chi connectivity index (χ1n) is 8.06. The molecule has 4 heteroatoms. The van der Waals surface area contributed by atoms with Crippen molar-refractivity contribution in [2.75, 3.05) is 26.7 Å². The lowest BCUT2D eigenvalue weighted by atomic mass is 10.0. The third kappa shape index (κ3) is 4.11. The van der Waals surface area contributed by atoms with Crippen molar-refractivity contribution in [3.8, 4) is 11.5 Å². The number of methoxy groups -OCH3 is 1. The molecule has 2 aliphatic rings. The molecule has 1 heterocycles. The summed E-state index contributed by atoms with van der Waals surface area (Å²) in [6.45, 7) is 4.40. The molecule has 2 N–H and O–H groups in total. The molecule has 116 valence electrons. The average Bonchev–Trinajstić information content (AvgIpc) is 3.31. The molecule has 3 rings (SSSR count). The van der Waals surface area contributed by atoms with Gasteiger partial charge in [0.05, 0.1) is 7.11 Å². The lowest BCUT2D eigenvalue weighted by Gasteiger charge is -2.32. The van der Waals surface area contributed by atoms with Crippen molar-refractivity contribution in [3.63, 3.8) is 0 Å². The van der Waals surface area contributed by atoms with Crippen LogP contribution in [0.3, 0.4) is 0 Å². The van der Waals surface area contributed by atoms with E-state index in [1.165, 1.54) is 32.2 Å². The van der Waals surface area contributed by atoms with Crippen LogP contribution >= 0.6 is 0 Å². The van der Waals surface area contributed by atoms with Gasteiger partial charge in [-0.1, -0.05) is 6.07 Å². The molecular weight excluding hydrogens is 264 g/mol. The zero-order valence-electron chi connectivity index (χ0n) is 12.8. The first kappa shape index (κ1) is 14.7.